The fourth-order valence-corrected chi connectivity index (χ4v) is 4.05. The lowest BCUT2D eigenvalue weighted by Gasteiger charge is -2.38. The van der Waals surface area contributed by atoms with Crippen molar-refractivity contribution in [2.45, 2.75) is 31.3 Å². The molecule has 7 heteroatoms. The van der Waals surface area contributed by atoms with Gasteiger partial charge in [0.05, 0.1) is 12.2 Å². The maximum absolute atomic E-state index is 12.6. The average Bonchev–Trinajstić information content (AvgIpc) is 3.23. The van der Waals surface area contributed by atoms with Crippen molar-refractivity contribution in [1.29, 1.82) is 0 Å². The highest BCUT2D eigenvalue weighted by atomic mass is 16.5. The molecule has 7 nitrogen and oxygen atoms in total. The third kappa shape index (κ3) is 3.28. The first-order valence-corrected chi connectivity index (χ1v) is 8.80. The number of aromatic nitrogens is 4. The number of hydrogen-bond acceptors (Lipinski definition) is 5. The molecule has 0 aromatic carbocycles. The van der Waals surface area contributed by atoms with E-state index in [0.29, 0.717) is 11.6 Å². The quantitative estimate of drug-likeness (QED) is 0.845. The van der Waals surface area contributed by atoms with Crippen molar-refractivity contribution < 1.29 is 9.53 Å². The first kappa shape index (κ1) is 16.2. The molecule has 2 aliphatic rings. The number of hydrogen-bond donors (Lipinski definition) is 0. The molecule has 25 heavy (non-hydrogen) atoms. The summed E-state index contributed by atoms with van der Waals surface area (Å²) in [5.41, 5.74) is 1.74. The van der Waals surface area contributed by atoms with Crippen LogP contribution in [-0.4, -0.2) is 55.9 Å². The van der Waals surface area contributed by atoms with Gasteiger partial charge >= 0.3 is 0 Å². The van der Waals surface area contributed by atoms with E-state index in [0.717, 1.165) is 50.9 Å². The minimum Gasteiger partial charge on any atom is -0.375 e. The van der Waals surface area contributed by atoms with Crippen LogP contribution in [0, 0.1) is 5.92 Å². The first-order valence-electron chi connectivity index (χ1n) is 8.80. The standard InChI is InChI=1S/C18H23N5O2/c1-22-16(2-5-21-22)17(24)23-6-3-18(4-7-23)9-14(12-25-18)8-15-10-19-13-20-11-15/h2,5,10-11,13-14H,3-4,6-9,12H2,1H3/t14-/m1/s1. The first-order chi connectivity index (χ1) is 12.2. The third-order valence-corrected chi connectivity index (χ3v) is 5.43. The summed E-state index contributed by atoms with van der Waals surface area (Å²) < 4.78 is 7.85. The van der Waals surface area contributed by atoms with Crippen molar-refractivity contribution in [3.8, 4) is 0 Å². The Bertz CT molecular complexity index is 737. The molecule has 2 fully saturated rings. The summed E-state index contributed by atoms with van der Waals surface area (Å²) in [4.78, 5) is 22.7. The number of rotatable bonds is 3. The van der Waals surface area contributed by atoms with E-state index in [2.05, 4.69) is 15.1 Å². The van der Waals surface area contributed by atoms with E-state index >= 15 is 0 Å². The van der Waals surface area contributed by atoms with Crippen LogP contribution >= 0.6 is 0 Å². The molecule has 0 unspecified atom stereocenters. The Morgan fingerprint density at radius 2 is 2.08 bits per heavy atom. The summed E-state index contributed by atoms with van der Waals surface area (Å²) in [7, 11) is 1.80. The Kier molecular flexibility index (Phi) is 4.25. The summed E-state index contributed by atoms with van der Waals surface area (Å²) in [6.45, 7) is 2.26. The Labute approximate surface area is 147 Å². The molecule has 132 valence electrons. The SMILES string of the molecule is Cn1nccc1C(=O)N1CCC2(CC1)C[C@@H](Cc1cncnc1)CO2. The number of carbonyl (C=O) groups excluding carboxylic acids is 1. The monoisotopic (exact) mass is 341 g/mol. The van der Waals surface area contributed by atoms with E-state index in [1.54, 1.807) is 30.3 Å². The molecule has 1 spiro atoms. The smallest absolute Gasteiger partial charge is 0.272 e. The van der Waals surface area contributed by atoms with E-state index in [9.17, 15) is 4.79 Å². The van der Waals surface area contributed by atoms with E-state index in [1.165, 1.54) is 0 Å². The Balaban J connectivity index is 1.34. The second-order valence-corrected chi connectivity index (χ2v) is 7.15. The highest BCUT2D eigenvalue weighted by Gasteiger charge is 2.43. The maximum atomic E-state index is 12.6. The minimum absolute atomic E-state index is 0.0610. The molecule has 2 aromatic rings. The summed E-state index contributed by atoms with van der Waals surface area (Å²) in [5, 5.41) is 4.09. The predicted octanol–water partition coefficient (Wildman–Crippen LogP) is 1.46. The fraction of sp³-hybridized carbons (Fsp3) is 0.556. The number of amides is 1. The molecule has 4 heterocycles. The second-order valence-electron chi connectivity index (χ2n) is 7.15. The van der Waals surface area contributed by atoms with Gasteiger partial charge in [0.1, 0.15) is 12.0 Å². The molecule has 0 aliphatic carbocycles. The zero-order valence-corrected chi connectivity index (χ0v) is 14.5. The lowest BCUT2D eigenvalue weighted by Crippen LogP contribution is -2.46. The largest absolute Gasteiger partial charge is 0.375 e. The molecule has 0 radical (unpaired) electrons. The highest BCUT2D eigenvalue weighted by Crippen LogP contribution is 2.39. The van der Waals surface area contributed by atoms with Gasteiger partial charge in [-0.15, -0.1) is 0 Å². The molecular formula is C18H23N5O2. The van der Waals surface area contributed by atoms with E-state index in [4.69, 9.17) is 4.74 Å². The van der Waals surface area contributed by atoms with E-state index in [-0.39, 0.29) is 11.5 Å². The molecule has 2 saturated heterocycles. The molecule has 0 bridgehead atoms. The summed E-state index contributed by atoms with van der Waals surface area (Å²) in [6, 6.07) is 1.77. The molecule has 4 rings (SSSR count). The van der Waals surface area contributed by atoms with Gasteiger partial charge in [0.15, 0.2) is 0 Å². The van der Waals surface area contributed by atoms with Gasteiger partial charge in [0, 0.05) is 38.7 Å². The van der Waals surface area contributed by atoms with Crippen LogP contribution in [-0.2, 0) is 18.2 Å². The predicted molar refractivity (Wildman–Crippen MR) is 90.9 cm³/mol. The van der Waals surface area contributed by atoms with Crippen LogP contribution in [0.5, 0.6) is 0 Å². The number of carbonyl (C=O) groups is 1. The summed E-state index contributed by atoms with van der Waals surface area (Å²) >= 11 is 0. The van der Waals surface area contributed by atoms with Gasteiger partial charge in [0.25, 0.3) is 5.91 Å². The number of nitrogens with zero attached hydrogens (tertiary/aromatic N) is 5. The molecular weight excluding hydrogens is 318 g/mol. The fourth-order valence-electron chi connectivity index (χ4n) is 4.05. The van der Waals surface area contributed by atoms with Gasteiger partial charge in [-0.1, -0.05) is 0 Å². The average molecular weight is 341 g/mol. The van der Waals surface area contributed by atoms with Gasteiger partial charge in [-0.3, -0.25) is 9.48 Å². The van der Waals surface area contributed by atoms with Crippen molar-refractivity contribution >= 4 is 5.91 Å². The van der Waals surface area contributed by atoms with Crippen LogP contribution in [0.2, 0.25) is 0 Å². The number of likely N-dealkylation sites (tertiary alicyclic amines) is 1. The lowest BCUT2D eigenvalue weighted by molar-refractivity contribution is -0.0392. The number of piperidine rings is 1. The van der Waals surface area contributed by atoms with Crippen molar-refractivity contribution in [1.82, 2.24) is 24.6 Å². The maximum Gasteiger partial charge on any atom is 0.272 e. The molecule has 2 aliphatic heterocycles. The molecule has 1 atom stereocenters. The van der Waals surface area contributed by atoms with Crippen LogP contribution < -0.4 is 0 Å². The van der Waals surface area contributed by atoms with Crippen LogP contribution in [0.15, 0.2) is 31.0 Å². The summed E-state index contributed by atoms with van der Waals surface area (Å²) in [6.07, 6.45) is 10.8. The molecule has 1 amide bonds. The van der Waals surface area contributed by atoms with Gasteiger partial charge in [-0.2, -0.15) is 5.10 Å². The second kappa shape index (κ2) is 6.55. The zero-order chi connectivity index (χ0) is 17.3. The van der Waals surface area contributed by atoms with Gasteiger partial charge in [0.2, 0.25) is 0 Å². The molecule has 0 saturated carbocycles. The van der Waals surface area contributed by atoms with E-state index < -0.39 is 0 Å². The Morgan fingerprint density at radius 3 is 2.76 bits per heavy atom. The van der Waals surface area contributed by atoms with Crippen molar-refractivity contribution in [2.24, 2.45) is 13.0 Å². The van der Waals surface area contributed by atoms with Crippen LogP contribution in [0.4, 0.5) is 0 Å². The van der Waals surface area contributed by atoms with Crippen LogP contribution in [0.1, 0.15) is 35.3 Å². The van der Waals surface area contributed by atoms with Crippen LogP contribution in [0.3, 0.4) is 0 Å². The topological polar surface area (TPSA) is 73.1 Å². The number of ether oxygens (including phenoxy) is 1. The Morgan fingerprint density at radius 1 is 1.32 bits per heavy atom. The highest BCUT2D eigenvalue weighted by molar-refractivity contribution is 5.92. The third-order valence-electron chi connectivity index (χ3n) is 5.43. The van der Waals surface area contributed by atoms with Gasteiger partial charge in [-0.05, 0) is 43.2 Å². The lowest BCUT2D eigenvalue weighted by atomic mass is 9.84. The van der Waals surface area contributed by atoms with E-state index in [1.807, 2.05) is 17.3 Å². The van der Waals surface area contributed by atoms with Gasteiger partial charge in [-0.25, -0.2) is 9.97 Å². The molecule has 0 N–H and O–H groups in total. The number of aryl methyl sites for hydroxylation is 1. The normalized spacial score (nSPS) is 22.4. The van der Waals surface area contributed by atoms with Crippen molar-refractivity contribution in [3.05, 3.63) is 42.2 Å². The Hall–Kier alpha value is -2.28. The van der Waals surface area contributed by atoms with Crippen molar-refractivity contribution in [3.63, 3.8) is 0 Å². The minimum atomic E-state index is -0.0659. The zero-order valence-electron chi connectivity index (χ0n) is 14.5. The van der Waals surface area contributed by atoms with Crippen LogP contribution in [0.25, 0.3) is 0 Å². The van der Waals surface area contributed by atoms with Crippen molar-refractivity contribution in [2.75, 3.05) is 19.7 Å². The molecule has 2 aromatic heterocycles. The summed E-state index contributed by atoms with van der Waals surface area (Å²) in [5.74, 6) is 0.566. The van der Waals surface area contributed by atoms with Gasteiger partial charge < -0.3 is 9.64 Å².